The van der Waals surface area contributed by atoms with Gasteiger partial charge in [0, 0.05) is 31.0 Å². The number of hydrogen-bond acceptors (Lipinski definition) is 5. The molecular formula is C23H29ClFN5O2. The molecule has 0 amide bonds. The third-order valence-corrected chi connectivity index (χ3v) is 5.51. The van der Waals surface area contributed by atoms with E-state index in [4.69, 9.17) is 16.3 Å². The van der Waals surface area contributed by atoms with Crippen molar-refractivity contribution in [2.45, 2.75) is 33.2 Å². The minimum atomic E-state index is -0.565. The average molecular weight is 462 g/mol. The molecule has 0 saturated carbocycles. The quantitative estimate of drug-likeness (QED) is 0.422. The predicted octanol–water partition coefficient (Wildman–Crippen LogP) is 4.27. The molecule has 0 aliphatic heterocycles. The third-order valence-electron chi connectivity index (χ3n) is 5.24. The van der Waals surface area contributed by atoms with Crippen molar-refractivity contribution < 1.29 is 9.13 Å². The molecular weight excluding hydrogens is 433 g/mol. The van der Waals surface area contributed by atoms with Crippen LogP contribution in [-0.2, 0) is 6.54 Å². The number of benzene rings is 1. The molecule has 32 heavy (non-hydrogen) atoms. The summed E-state index contributed by atoms with van der Waals surface area (Å²) in [5.41, 5.74) is 0.0363. The minimum absolute atomic E-state index is 0.0297. The Morgan fingerprint density at radius 3 is 2.72 bits per heavy atom. The molecule has 1 atom stereocenters. The number of nitrogens with zero attached hydrogens (tertiary/aromatic N) is 5. The van der Waals surface area contributed by atoms with Crippen molar-refractivity contribution in [1.29, 1.82) is 0 Å². The van der Waals surface area contributed by atoms with Crippen LogP contribution in [0.25, 0.3) is 17.1 Å². The number of ether oxygens (including phenoxy) is 1. The summed E-state index contributed by atoms with van der Waals surface area (Å²) >= 11 is 6.55. The van der Waals surface area contributed by atoms with E-state index in [-0.39, 0.29) is 39.5 Å². The maximum absolute atomic E-state index is 15.5. The number of rotatable bonds is 10. The average Bonchev–Trinajstić information content (AvgIpc) is 3.29. The smallest absolute Gasteiger partial charge is 0.296 e. The maximum Gasteiger partial charge on any atom is 0.296 e. The molecule has 1 unspecified atom stereocenters. The van der Waals surface area contributed by atoms with Crippen molar-refractivity contribution in [3.05, 3.63) is 58.0 Å². The van der Waals surface area contributed by atoms with E-state index in [1.54, 1.807) is 36.7 Å². The van der Waals surface area contributed by atoms with E-state index in [1.165, 1.54) is 9.25 Å². The SMILES string of the molecule is CCC(C)Cn1c(-c2cccc(OCCCN(C)C)c2F)c(Cl)nc(-n2cccn2)c1=O. The van der Waals surface area contributed by atoms with Gasteiger partial charge in [0.05, 0.1) is 12.3 Å². The van der Waals surface area contributed by atoms with Crippen LogP contribution in [0.15, 0.2) is 41.5 Å². The molecule has 0 N–H and O–H groups in total. The van der Waals surface area contributed by atoms with Gasteiger partial charge in [-0.15, -0.1) is 0 Å². The molecule has 0 bridgehead atoms. The fourth-order valence-corrected chi connectivity index (χ4v) is 3.59. The van der Waals surface area contributed by atoms with Gasteiger partial charge in [-0.1, -0.05) is 37.9 Å². The second-order valence-corrected chi connectivity index (χ2v) is 8.44. The lowest BCUT2D eigenvalue weighted by molar-refractivity contribution is 0.271. The molecule has 0 saturated heterocycles. The number of hydrogen-bond donors (Lipinski definition) is 0. The second-order valence-electron chi connectivity index (χ2n) is 8.08. The summed E-state index contributed by atoms with van der Waals surface area (Å²) < 4.78 is 24.0. The maximum atomic E-state index is 15.5. The zero-order valence-corrected chi connectivity index (χ0v) is 19.6. The Balaban J connectivity index is 2.08. The number of aromatic nitrogens is 4. The van der Waals surface area contributed by atoms with Gasteiger partial charge in [0.2, 0.25) is 5.82 Å². The van der Waals surface area contributed by atoms with Gasteiger partial charge in [-0.3, -0.25) is 4.79 Å². The van der Waals surface area contributed by atoms with Gasteiger partial charge in [0.1, 0.15) is 0 Å². The van der Waals surface area contributed by atoms with Gasteiger partial charge >= 0.3 is 0 Å². The predicted molar refractivity (Wildman–Crippen MR) is 124 cm³/mol. The van der Waals surface area contributed by atoms with Crippen LogP contribution in [0.2, 0.25) is 5.15 Å². The summed E-state index contributed by atoms with van der Waals surface area (Å²) in [4.78, 5) is 19.7. The molecule has 0 aliphatic carbocycles. The van der Waals surface area contributed by atoms with Crippen molar-refractivity contribution in [2.24, 2.45) is 5.92 Å². The van der Waals surface area contributed by atoms with Gasteiger partial charge < -0.3 is 14.2 Å². The molecule has 0 aliphatic rings. The van der Waals surface area contributed by atoms with E-state index in [0.717, 1.165) is 19.4 Å². The first kappa shape index (κ1) is 23.9. The fraction of sp³-hybridized carbons (Fsp3) is 0.435. The zero-order valence-electron chi connectivity index (χ0n) is 18.9. The molecule has 3 aromatic rings. The molecule has 9 heteroatoms. The van der Waals surface area contributed by atoms with Crippen LogP contribution in [0.1, 0.15) is 26.7 Å². The molecule has 0 radical (unpaired) electrons. The van der Waals surface area contributed by atoms with Crippen molar-refractivity contribution >= 4 is 11.6 Å². The van der Waals surface area contributed by atoms with E-state index < -0.39 is 5.82 Å². The van der Waals surface area contributed by atoms with Gasteiger partial charge in [-0.05, 0) is 44.6 Å². The van der Waals surface area contributed by atoms with Gasteiger partial charge in [0.25, 0.3) is 5.56 Å². The highest BCUT2D eigenvalue weighted by Gasteiger charge is 2.23. The summed E-state index contributed by atoms with van der Waals surface area (Å²) in [6.45, 7) is 5.64. The first-order valence-corrected chi connectivity index (χ1v) is 11.1. The Morgan fingerprint density at radius 1 is 1.28 bits per heavy atom. The topological polar surface area (TPSA) is 65.2 Å². The van der Waals surface area contributed by atoms with Crippen LogP contribution in [0.4, 0.5) is 4.39 Å². The van der Waals surface area contributed by atoms with Crippen LogP contribution in [0, 0.1) is 11.7 Å². The van der Waals surface area contributed by atoms with Crippen molar-refractivity contribution in [3.8, 4) is 22.8 Å². The summed E-state index contributed by atoms with van der Waals surface area (Å²) in [5.74, 6) is -0.200. The van der Waals surface area contributed by atoms with Crippen molar-refractivity contribution in [1.82, 2.24) is 24.2 Å². The molecule has 0 spiro atoms. The first-order chi connectivity index (χ1) is 15.3. The van der Waals surface area contributed by atoms with Gasteiger partial charge in [-0.25, -0.2) is 14.1 Å². The second kappa shape index (κ2) is 10.7. The van der Waals surface area contributed by atoms with Crippen LogP contribution in [0.5, 0.6) is 5.75 Å². The highest BCUT2D eigenvalue weighted by molar-refractivity contribution is 6.31. The largest absolute Gasteiger partial charge is 0.490 e. The Labute approximate surface area is 192 Å². The standard InChI is InChI=1S/C23H29ClFN5O2/c1-5-16(2)15-29-20(21(24)27-22(23(29)31)30-13-7-11-26-30)17-9-6-10-18(19(17)25)32-14-8-12-28(3)4/h6-7,9-11,13,16H,5,8,12,14-15H2,1-4H3. The monoisotopic (exact) mass is 461 g/mol. The van der Waals surface area contributed by atoms with Crippen molar-refractivity contribution in [3.63, 3.8) is 0 Å². The summed E-state index contributed by atoms with van der Waals surface area (Å²) in [6.07, 6.45) is 4.78. The minimum Gasteiger partial charge on any atom is -0.490 e. The lowest BCUT2D eigenvalue weighted by Crippen LogP contribution is -2.30. The van der Waals surface area contributed by atoms with Crippen LogP contribution >= 0.6 is 11.6 Å². The van der Waals surface area contributed by atoms with Gasteiger partial charge in [-0.2, -0.15) is 5.10 Å². The van der Waals surface area contributed by atoms with E-state index in [0.29, 0.717) is 13.2 Å². The van der Waals surface area contributed by atoms with Crippen LogP contribution < -0.4 is 10.3 Å². The van der Waals surface area contributed by atoms with E-state index in [2.05, 4.69) is 10.1 Å². The van der Waals surface area contributed by atoms with E-state index in [1.807, 2.05) is 32.8 Å². The Kier molecular flexibility index (Phi) is 8.04. The van der Waals surface area contributed by atoms with Crippen LogP contribution in [-0.4, -0.2) is 51.5 Å². The zero-order chi connectivity index (χ0) is 23.3. The Hall–Kier alpha value is -2.71. The third kappa shape index (κ3) is 5.37. The summed E-state index contributed by atoms with van der Waals surface area (Å²) in [5, 5.41) is 4.13. The van der Waals surface area contributed by atoms with Crippen molar-refractivity contribution in [2.75, 3.05) is 27.2 Å². The fourth-order valence-electron chi connectivity index (χ4n) is 3.31. The van der Waals surface area contributed by atoms with E-state index >= 15 is 4.39 Å². The van der Waals surface area contributed by atoms with Gasteiger partial charge in [0.15, 0.2) is 16.7 Å². The molecule has 7 nitrogen and oxygen atoms in total. The summed E-state index contributed by atoms with van der Waals surface area (Å²) in [6, 6.07) is 6.55. The molecule has 1 aromatic carbocycles. The highest BCUT2D eigenvalue weighted by Crippen LogP contribution is 2.33. The summed E-state index contributed by atoms with van der Waals surface area (Å²) in [7, 11) is 3.94. The molecule has 0 fully saturated rings. The molecule has 2 heterocycles. The normalized spacial score (nSPS) is 12.3. The Bertz CT molecular complexity index is 1100. The van der Waals surface area contributed by atoms with E-state index in [9.17, 15) is 4.79 Å². The molecule has 3 rings (SSSR count). The first-order valence-electron chi connectivity index (χ1n) is 10.7. The molecule has 172 valence electrons. The molecule has 2 aromatic heterocycles. The lowest BCUT2D eigenvalue weighted by atomic mass is 10.1. The highest BCUT2D eigenvalue weighted by atomic mass is 35.5. The number of halogens is 2. The van der Waals surface area contributed by atoms with Crippen LogP contribution in [0.3, 0.4) is 0 Å². The Morgan fingerprint density at radius 2 is 2.06 bits per heavy atom. The lowest BCUT2D eigenvalue weighted by Gasteiger charge is -2.20.